The van der Waals surface area contributed by atoms with Crippen molar-refractivity contribution in [2.75, 3.05) is 26.2 Å². The zero-order chi connectivity index (χ0) is 19.6. The fourth-order valence-corrected chi connectivity index (χ4v) is 5.71. The number of oxazole rings is 1. The predicted molar refractivity (Wildman–Crippen MR) is 105 cm³/mol. The van der Waals surface area contributed by atoms with Gasteiger partial charge in [0.05, 0.1) is 6.20 Å². The van der Waals surface area contributed by atoms with Gasteiger partial charge < -0.3 is 9.32 Å². The molecule has 2 aliphatic heterocycles. The van der Waals surface area contributed by atoms with Crippen LogP contribution in [0.5, 0.6) is 0 Å². The Labute approximate surface area is 169 Å². The van der Waals surface area contributed by atoms with Crippen LogP contribution in [-0.4, -0.2) is 46.9 Å². The number of hydrogen-bond acceptors (Lipinski definition) is 4. The fourth-order valence-electron chi connectivity index (χ4n) is 5.71. The average Bonchev–Trinajstić information content (AvgIpc) is 3.14. The number of likely N-dealkylation sites (tertiary alicyclic amines) is 2. The van der Waals surface area contributed by atoms with E-state index in [1.165, 1.54) is 5.56 Å². The first-order valence-corrected chi connectivity index (χ1v) is 10.9. The summed E-state index contributed by atoms with van der Waals surface area (Å²) in [5, 5.41) is 0. The van der Waals surface area contributed by atoms with Crippen molar-refractivity contribution in [2.24, 2.45) is 5.41 Å². The first-order valence-electron chi connectivity index (χ1n) is 10.9. The Hall–Kier alpha value is -2.21. The lowest BCUT2D eigenvalue weighted by Crippen LogP contribution is -2.34. The minimum absolute atomic E-state index is 0.0204. The van der Waals surface area contributed by atoms with Crippen LogP contribution in [0.1, 0.15) is 71.6 Å². The highest BCUT2D eigenvalue weighted by Crippen LogP contribution is 2.46. The summed E-state index contributed by atoms with van der Waals surface area (Å²) >= 11 is 0. The van der Waals surface area contributed by atoms with Crippen LogP contribution in [-0.2, 0) is 6.42 Å². The summed E-state index contributed by atoms with van der Waals surface area (Å²) in [6, 6.07) is 5.82. The summed E-state index contributed by atoms with van der Waals surface area (Å²) in [6.45, 7) is 3.57. The summed E-state index contributed by atoms with van der Waals surface area (Å²) in [5.74, 6) is 1.45. The number of benzene rings is 1. The molecule has 5 nitrogen and oxygen atoms in total. The van der Waals surface area contributed by atoms with E-state index in [0.717, 1.165) is 76.2 Å². The molecule has 3 fully saturated rings. The summed E-state index contributed by atoms with van der Waals surface area (Å²) in [7, 11) is 0. The molecule has 1 aromatic carbocycles. The van der Waals surface area contributed by atoms with Crippen LogP contribution >= 0.6 is 0 Å². The molecule has 29 heavy (non-hydrogen) atoms. The average molecular weight is 395 g/mol. The number of fused-ring (bicyclic) bond motifs is 1. The Kier molecular flexibility index (Phi) is 3.89. The Morgan fingerprint density at radius 3 is 2.90 bits per heavy atom. The predicted octanol–water partition coefficient (Wildman–Crippen LogP) is 3.92. The zero-order valence-electron chi connectivity index (χ0n) is 16.6. The summed E-state index contributed by atoms with van der Waals surface area (Å²) in [5.41, 5.74) is 2.23. The maximum absolute atomic E-state index is 14.1. The molecule has 0 radical (unpaired) electrons. The summed E-state index contributed by atoms with van der Waals surface area (Å²) in [6.07, 6.45) is 7.79. The number of amides is 1. The molecule has 152 valence electrons. The van der Waals surface area contributed by atoms with Gasteiger partial charge in [-0.2, -0.15) is 0 Å². The first-order chi connectivity index (χ1) is 14.1. The molecule has 3 heterocycles. The number of carbonyl (C=O) groups excluding carboxylic acids is 1. The normalized spacial score (nSPS) is 29.1. The maximum atomic E-state index is 14.1. The van der Waals surface area contributed by atoms with Gasteiger partial charge in [-0.15, -0.1) is 0 Å². The number of halogens is 1. The minimum atomic E-state index is -0.0610. The Morgan fingerprint density at radius 1 is 1.17 bits per heavy atom. The van der Waals surface area contributed by atoms with E-state index in [2.05, 4.69) is 16.0 Å². The molecule has 6 heteroatoms. The highest BCUT2D eigenvalue weighted by molar-refractivity contribution is 5.91. The first kappa shape index (κ1) is 17.6. The van der Waals surface area contributed by atoms with Gasteiger partial charge in [-0.3, -0.25) is 9.69 Å². The van der Waals surface area contributed by atoms with Crippen LogP contribution in [0.4, 0.5) is 4.39 Å². The van der Waals surface area contributed by atoms with Crippen molar-refractivity contribution in [3.8, 4) is 0 Å². The van der Waals surface area contributed by atoms with Crippen LogP contribution in [0.3, 0.4) is 0 Å². The van der Waals surface area contributed by atoms with Gasteiger partial charge in [0.25, 0.3) is 5.91 Å². The lowest BCUT2D eigenvalue weighted by Gasteiger charge is -2.28. The highest BCUT2D eigenvalue weighted by atomic mass is 19.1. The molecule has 0 N–H and O–H groups in total. The van der Waals surface area contributed by atoms with Gasteiger partial charge in [-0.1, -0.05) is 12.1 Å². The van der Waals surface area contributed by atoms with Crippen molar-refractivity contribution >= 4 is 5.91 Å². The van der Waals surface area contributed by atoms with Crippen molar-refractivity contribution in [1.82, 2.24) is 14.8 Å². The van der Waals surface area contributed by atoms with Gasteiger partial charge in [0.1, 0.15) is 5.82 Å². The van der Waals surface area contributed by atoms with Crippen LogP contribution in [0.15, 0.2) is 28.8 Å². The van der Waals surface area contributed by atoms with Crippen molar-refractivity contribution < 1.29 is 13.6 Å². The number of rotatable bonds is 3. The number of aromatic nitrogens is 1. The van der Waals surface area contributed by atoms with Gasteiger partial charge >= 0.3 is 0 Å². The molecular formula is C23H26FN3O2. The van der Waals surface area contributed by atoms with E-state index in [-0.39, 0.29) is 17.1 Å². The molecule has 1 saturated carbocycles. The highest BCUT2D eigenvalue weighted by Gasteiger charge is 2.47. The molecule has 1 spiro atoms. The molecular weight excluding hydrogens is 369 g/mol. The SMILES string of the molecule is O=C(c1cnc(C2CC2)o1)N1CCC2(CCN(C3CCc4c(F)cccc43)C2)C1. The second kappa shape index (κ2) is 6.39. The number of nitrogens with zero attached hydrogens (tertiary/aromatic N) is 3. The van der Waals surface area contributed by atoms with E-state index in [0.29, 0.717) is 17.7 Å². The molecule has 2 aliphatic carbocycles. The van der Waals surface area contributed by atoms with E-state index in [1.54, 1.807) is 12.3 Å². The van der Waals surface area contributed by atoms with Crippen LogP contribution in [0.2, 0.25) is 0 Å². The van der Waals surface area contributed by atoms with Gasteiger partial charge in [0.2, 0.25) is 5.76 Å². The quantitative estimate of drug-likeness (QED) is 0.791. The second-order valence-corrected chi connectivity index (χ2v) is 9.40. The van der Waals surface area contributed by atoms with E-state index in [9.17, 15) is 9.18 Å². The second-order valence-electron chi connectivity index (χ2n) is 9.40. The lowest BCUT2D eigenvalue weighted by atomic mass is 9.86. The van der Waals surface area contributed by atoms with Gasteiger partial charge in [0.15, 0.2) is 5.89 Å². The summed E-state index contributed by atoms with van der Waals surface area (Å²) < 4.78 is 19.9. The van der Waals surface area contributed by atoms with E-state index in [1.807, 2.05) is 11.0 Å². The van der Waals surface area contributed by atoms with Gasteiger partial charge in [-0.25, -0.2) is 9.37 Å². The van der Waals surface area contributed by atoms with Gasteiger partial charge in [-0.05, 0) is 62.3 Å². The molecule has 2 aromatic rings. The van der Waals surface area contributed by atoms with Crippen LogP contribution in [0, 0.1) is 11.2 Å². The molecule has 2 atom stereocenters. The van der Waals surface area contributed by atoms with Crippen molar-refractivity contribution in [1.29, 1.82) is 0 Å². The standard InChI is InChI=1S/C23H26FN3O2/c24-18-3-1-2-17-16(18)6-7-19(17)26-10-8-23(13-26)9-11-27(14-23)22(28)20-12-25-21(29-20)15-4-5-15/h1-3,12,15,19H,4-11,13-14H2. The third kappa shape index (κ3) is 2.91. The topological polar surface area (TPSA) is 49.6 Å². The fraction of sp³-hybridized carbons (Fsp3) is 0.565. The molecule has 6 rings (SSSR count). The smallest absolute Gasteiger partial charge is 0.291 e. The van der Waals surface area contributed by atoms with E-state index in [4.69, 9.17) is 4.42 Å². The van der Waals surface area contributed by atoms with Crippen molar-refractivity contribution in [2.45, 2.75) is 50.5 Å². The third-order valence-electron chi connectivity index (χ3n) is 7.48. The molecule has 1 aromatic heterocycles. The largest absolute Gasteiger partial charge is 0.435 e. The van der Waals surface area contributed by atoms with E-state index < -0.39 is 0 Å². The molecule has 4 aliphatic rings. The maximum Gasteiger partial charge on any atom is 0.291 e. The number of hydrogen-bond donors (Lipinski definition) is 0. The lowest BCUT2D eigenvalue weighted by molar-refractivity contribution is 0.0738. The Morgan fingerprint density at radius 2 is 2.03 bits per heavy atom. The molecule has 2 saturated heterocycles. The molecule has 2 unspecified atom stereocenters. The Balaban J connectivity index is 1.14. The van der Waals surface area contributed by atoms with Crippen LogP contribution in [0.25, 0.3) is 0 Å². The summed E-state index contributed by atoms with van der Waals surface area (Å²) in [4.78, 5) is 21.7. The number of carbonyl (C=O) groups is 1. The minimum Gasteiger partial charge on any atom is -0.435 e. The van der Waals surface area contributed by atoms with E-state index >= 15 is 0 Å². The monoisotopic (exact) mass is 395 g/mol. The van der Waals surface area contributed by atoms with Crippen molar-refractivity contribution in [3.63, 3.8) is 0 Å². The van der Waals surface area contributed by atoms with Gasteiger partial charge in [0, 0.05) is 37.0 Å². The van der Waals surface area contributed by atoms with Crippen LogP contribution < -0.4 is 0 Å². The third-order valence-corrected chi connectivity index (χ3v) is 7.48. The van der Waals surface area contributed by atoms with Crippen molar-refractivity contribution in [3.05, 3.63) is 53.0 Å². The Bertz CT molecular complexity index is 969. The zero-order valence-corrected chi connectivity index (χ0v) is 16.6. The molecule has 1 amide bonds. The molecule has 0 bridgehead atoms.